The lowest BCUT2D eigenvalue weighted by Gasteiger charge is -2.07. The zero-order valence-electron chi connectivity index (χ0n) is 8.82. The maximum atomic E-state index is 13.0. The van der Waals surface area contributed by atoms with Crippen molar-refractivity contribution in [2.75, 3.05) is 5.32 Å². The van der Waals surface area contributed by atoms with Crippen LogP contribution < -0.4 is 5.32 Å². The molecule has 88 valence electrons. The third-order valence-corrected chi connectivity index (χ3v) is 2.66. The van der Waals surface area contributed by atoms with Gasteiger partial charge in [-0.1, -0.05) is 6.07 Å². The van der Waals surface area contributed by atoms with Crippen molar-refractivity contribution in [1.82, 2.24) is 4.98 Å². The van der Waals surface area contributed by atoms with Crippen molar-refractivity contribution in [1.29, 1.82) is 0 Å². The van der Waals surface area contributed by atoms with Gasteiger partial charge < -0.3 is 10.4 Å². The molecule has 2 N–H and O–H groups in total. The molecule has 1 aromatic heterocycles. The fourth-order valence-corrected chi connectivity index (χ4v) is 1.73. The van der Waals surface area contributed by atoms with Crippen LogP contribution in [-0.2, 0) is 6.54 Å². The molecule has 1 heterocycles. The number of benzene rings is 1. The van der Waals surface area contributed by atoms with E-state index in [1.165, 1.54) is 18.2 Å². The van der Waals surface area contributed by atoms with E-state index in [1.807, 2.05) is 12.1 Å². The second-order valence-corrected chi connectivity index (χ2v) is 4.28. The van der Waals surface area contributed by atoms with E-state index in [9.17, 15) is 9.50 Å². The number of nitrogens with zero attached hydrogens (tertiary/aromatic N) is 1. The van der Waals surface area contributed by atoms with E-state index in [0.29, 0.717) is 22.5 Å². The van der Waals surface area contributed by atoms with Crippen molar-refractivity contribution in [3.8, 4) is 5.75 Å². The predicted molar refractivity (Wildman–Crippen MR) is 67.3 cm³/mol. The van der Waals surface area contributed by atoms with Gasteiger partial charge in [-0.3, -0.25) is 0 Å². The molecule has 0 amide bonds. The summed E-state index contributed by atoms with van der Waals surface area (Å²) in [5.74, 6) is 0.346. The Morgan fingerprint density at radius 1 is 1.29 bits per heavy atom. The van der Waals surface area contributed by atoms with E-state index < -0.39 is 0 Å². The molecule has 0 atom stereocenters. The molecule has 5 heteroatoms. The van der Waals surface area contributed by atoms with Crippen LogP contribution in [0, 0.1) is 5.82 Å². The van der Waals surface area contributed by atoms with Gasteiger partial charge in [0, 0.05) is 12.1 Å². The van der Waals surface area contributed by atoms with Crippen molar-refractivity contribution in [3.05, 3.63) is 52.4 Å². The number of nitrogens with one attached hydrogen (secondary N) is 1. The van der Waals surface area contributed by atoms with Gasteiger partial charge in [0.25, 0.3) is 0 Å². The Morgan fingerprint density at radius 3 is 2.88 bits per heavy atom. The summed E-state index contributed by atoms with van der Waals surface area (Å²) in [5.41, 5.74) is 0.492. The number of phenols is 1. The van der Waals surface area contributed by atoms with Gasteiger partial charge in [0.2, 0.25) is 0 Å². The number of hydrogen-bond acceptors (Lipinski definition) is 3. The highest BCUT2D eigenvalue weighted by Crippen LogP contribution is 2.19. The molecule has 0 saturated carbocycles. The van der Waals surface area contributed by atoms with Gasteiger partial charge >= 0.3 is 0 Å². The van der Waals surface area contributed by atoms with Crippen molar-refractivity contribution < 1.29 is 9.50 Å². The van der Waals surface area contributed by atoms with Crippen LogP contribution in [0.1, 0.15) is 5.56 Å². The summed E-state index contributed by atoms with van der Waals surface area (Å²) in [5, 5.41) is 12.5. The second-order valence-electron chi connectivity index (χ2n) is 3.47. The third kappa shape index (κ3) is 3.17. The molecule has 0 saturated heterocycles. The lowest BCUT2D eigenvalue weighted by molar-refractivity contribution is 0.466. The quantitative estimate of drug-likeness (QED) is 0.854. The standard InChI is InChI=1S/C12H10BrFN2O/c13-11-2-1-3-12(16-11)15-7-8-6-9(14)4-5-10(8)17/h1-6,17H,7H2,(H,15,16). The number of halogens is 2. The average Bonchev–Trinajstić information content (AvgIpc) is 2.30. The van der Waals surface area contributed by atoms with Crippen molar-refractivity contribution >= 4 is 21.7 Å². The number of phenolic OH excluding ortho intramolecular Hbond substituents is 1. The average molecular weight is 297 g/mol. The fraction of sp³-hybridized carbons (Fsp3) is 0.0833. The van der Waals surface area contributed by atoms with Crippen LogP contribution in [0.15, 0.2) is 41.0 Å². The molecule has 0 aliphatic rings. The van der Waals surface area contributed by atoms with Crippen LogP contribution in [0.4, 0.5) is 10.2 Å². The van der Waals surface area contributed by atoms with Crippen LogP contribution in [-0.4, -0.2) is 10.1 Å². The summed E-state index contributed by atoms with van der Waals surface area (Å²) in [6, 6.07) is 9.29. The van der Waals surface area contributed by atoms with Gasteiger partial charge in [0.1, 0.15) is 22.0 Å². The monoisotopic (exact) mass is 296 g/mol. The first-order valence-corrected chi connectivity index (χ1v) is 5.78. The number of aromatic nitrogens is 1. The van der Waals surface area contributed by atoms with Crippen LogP contribution in [0.2, 0.25) is 0 Å². The van der Waals surface area contributed by atoms with Gasteiger partial charge in [-0.2, -0.15) is 0 Å². The first-order chi connectivity index (χ1) is 8.15. The van der Waals surface area contributed by atoms with E-state index in [2.05, 4.69) is 26.2 Å². The number of rotatable bonds is 3. The van der Waals surface area contributed by atoms with Gasteiger partial charge in [-0.25, -0.2) is 9.37 Å². The highest BCUT2D eigenvalue weighted by molar-refractivity contribution is 9.10. The van der Waals surface area contributed by atoms with E-state index in [1.54, 1.807) is 6.07 Å². The topological polar surface area (TPSA) is 45.1 Å². The Morgan fingerprint density at radius 2 is 2.12 bits per heavy atom. The van der Waals surface area contributed by atoms with Crippen LogP contribution >= 0.6 is 15.9 Å². The molecule has 1 aromatic carbocycles. The van der Waals surface area contributed by atoms with Crippen molar-refractivity contribution in [2.24, 2.45) is 0 Å². The zero-order valence-corrected chi connectivity index (χ0v) is 10.4. The van der Waals surface area contributed by atoms with E-state index in [4.69, 9.17) is 0 Å². The lowest BCUT2D eigenvalue weighted by Crippen LogP contribution is -2.01. The lowest BCUT2D eigenvalue weighted by atomic mass is 10.2. The summed E-state index contributed by atoms with van der Waals surface area (Å²) in [4.78, 5) is 4.17. The Balaban J connectivity index is 2.09. The van der Waals surface area contributed by atoms with Gasteiger partial charge in [-0.05, 0) is 46.3 Å². The molecule has 17 heavy (non-hydrogen) atoms. The maximum absolute atomic E-state index is 13.0. The van der Waals surface area contributed by atoms with Gasteiger partial charge in [0.05, 0.1) is 0 Å². The minimum atomic E-state index is -0.373. The number of anilines is 1. The molecule has 0 unspecified atom stereocenters. The Kier molecular flexibility index (Phi) is 3.58. The van der Waals surface area contributed by atoms with Crippen LogP contribution in [0.5, 0.6) is 5.75 Å². The van der Waals surface area contributed by atoms with Crippen molar-refractivity contribution in [2.45, 2.75) is 6.54 Å². The summed E-state index contributed by atoms with van der Waals surface area (Å²) in [6.07, 6.45) is 0. The number of aromatic hydroxyl groups is 1. The maximum Gasteiger partial charge on any atom is 0.127 e. The van der Waals surface area contributed by atoms with Crippen LogP contribution in [0.25, 0.3) is 0 Å². The zero-order chi connectivity index (χ0) is 12.3. The van der Waals surface area contributed by atoms with Crippen molar-refractivity contribution in [3.63, 3.8) is 0 Å². The normalized spacial score (nSPS) is 10.2. The summed E-state index contributed by atoms with van der Waals surface area (Å²) in [7, 11) is 0. The largest absolute Gasteiger partial charge is 0.508 e. The molecule has 0 radical (unpaired) electrons. The molecule has 2 rings (SSSR count). The highest BCUT2D eigenvalue weighted by atomic mass is 79.9. The highest BCUT2D eigenvalue weighted by Gasteiger charge is 2.03. The number of hydrogen-bond donors (Lipinski definition) is 2. The van der Waals surface area contributed by atoms with Gasteiger partial charge in [-0.15, -0.1) is 0 Å². The fourth-order valence-electron chi connectivity index (χ4n) is 1.39. The first kappa shape index (κ1) is 11.9. The Hall–Kier alpha value is -1.62. The van der Waals surface area contributed by atoms with E-state index >= 15 is 0 Å². The number of pyridine rings is 1. The third-order valence-electron chi connectivity index (χ3n) is 2.22. The molecular formula is C12H10BrFN2O. The molecule has 0 spiro atoms. The second kappa shape index (κ2) is 5.14. The molecule has 3 nitrogen and oxygen atoms in total. The molecule has 0 fully saturated rings. The minimum Gasteiger partial charge on any atom is -0.508 e. The first-order valence-electron chi connectivity index (χ1n) is 4.99. The SMILES string of the molecule is Oc1ccc(F)cc1CNc1cccc(Br)n1. The Labute approximate surface area is 106 Å². The Bertz CT molecular complexity index is 534. The molecule has 0 aliphatic carbocycles. The molecular weight excluding hydrogens is 287 g/mol. The smallest absolute Gasteiger partial charge is 0.127 e. The molecule has 2 aromatic rings. The van der Waals surface area contributed by atoms with Gasteiger partial charge in [0.15, 0.2) is 0 Å². The summed E-state index contributed by atoms with van der Waals surface area (Å²) >= 11 is 3.25. The van der Waals surface area contributed by atoms with E-state index in [0.717, 1.165) is 0 Å². The minimum absolute atomic E-state index is 0.0638. The van der Waals surface area contributed by atoms with E-state index in [-0.39, 0.29) is 11.6 Å². The summed E-state index contributed by atoms with van der Waals surface area (Å²) < 4.78 is 13.7. The molecule has 0 aliphatic heterocycles. The predicted octanol–water partition coefficient (Wildman–Crippen LogP) is 3.30. The molecule has 0 bridgehead atoms. The van der Waals surface area contributed by atoms with Crippen LogP contribution in [0.3, 0.4) is 0 Å². The summed E-state index contributed by atoms with van der Waals surface area (Å²) in [6.45, 7) is 0.313.